The number of nitrogens with zero attached hydrogens (tertiary/aromatic N) is 1. The third-order valence-electron chi connectivity index (χ3n) is 2.81. The number of carbonyl (C=O) groups is 1. The van der Waals surface area contributed by atoms with Crippen LogP contribution in [0.1, 0.15) is 11.1 Å². The standard InChI is InChI=1S/C15H20BrNO3/c1-12-3-4-13(14(16)11-12)5-6-15(19)17(7-9-18)8-10-20-2/h3-6,11,18H,7-10H2,1-2H3/b6-5+. The van der Waals surface area contributed by atoms with Gasteiger partial charge in [0.1, 0.15) is 0 Å². The molecule has 110 valence electrons. The SMILES string of the molecule is COCCN(CCO)C(=O)/C=C/c1ccc(C)cc1Br. The smallest absolute Gasteiger partial charge is 0.246 e. The Morgan fingerprint density at radius 1 is 1.45 bits per heavy atom. The second-order valence-electron chi connectivity index (χ2n) is 4.40. The lowest BCUT2D eigenvalue weighted by atomic mass is 10.1. The van der Waals surface area contributed by atoms with Gasteiger partial charge in [0.2, 0.25) is 5.91 Å². The van der Waals surface area contributed by atoms with Gasteiger partial charge in [-0.3, -0.25) is 4.79 Å². The quantitative estimate of drug-likeness (QED) is 0.773. The number of benzene rings is 1. The number of halogens is 1. The maximum Gasteiger partial charge on any atom is 0.246 e. The molecule has 0 aromatic heterocycles. The van der Waals surface area contributed by atoms with Gasteiger partial charge in [0.25, 0.3) is 0 Å². The number of methoxy groups -OCH3 is 1. The van der Waals surface area contributed by atoms with Gasteiger partial charge in [-0.05, 0) is 30.2 Å². The number of hydrogen-bond acceptors (Lipinski definition) is 3. The first kappa shape index (κ1) is 16.9. The summed E-state index contributed by atoms with van der Waals surface area (Å²) in [7, 11) is 1.58. The molecule has 0 aliphatic carbocycles. The number of hydrogen-bond donors (Lipinski definition) is 1. The summed E-state index contributed by atoms with van der Waals surface area (Å²) in [6, 6.07) is 5.95. The molecule has 0 heterocycles. The Morgan fingerprint density at radius 3 is 2.80 bits per heavy atom. The molecule has 1 N–H and O–H groups in total. The van der Waals surface area contributed by atoms with E-state index in [4.69, 9.17) is 9.84 Å². The summed E-state index contributed by atoms with van der Waals surface area (Å²) in [4.78, 5) is 13.6. The maximum absolute atomic E-state index is 12.0. The van der Waals surface area contributed by atoms with Crippen molar-refractivity contribution >= 4 is 27.9 Å². The van der Waals surface area contributed by atoms with Gasteiger partial charge in [0.15, 0.2) is 0 Å². The fraction of sp³-hybridized carbons (Fsp3) is 0.400. The van der Waals surface area contributed by atoms with Gasteiger partial charge in [-0.2, -0.15) is 0 Å². The van der Waals surface area contributed by atoms with Crippen LogP contribution in [0.5, 0.6) is 0 Å². The zero-order valence-electron chi connectivity index (χ0n) is 11.8. The van der Waals surface area contributed by atoms with Crippen LogP contribution < -0.4 is 0 Å². The molecule has 20 heavy (non-hydrogen) atoms. The third kappa shape index (κ3) is 5.45. The molecule has 5 heteroatoms. The van der Waals surface area contributed by atoms with Gasteiger partial charge in [-0.15, -0.1) is 0 Å². The molecule has 1 amide bonds. The summed E-state index contributed by atoms with van der Waals surface area (Å²) in [6.07, 6.45) is 3.28. The van der Waals surface area contributed by atoms with E-state index in [0.717, 1.165) is 15.6 Å². The Morgan fingerprint density at radius 2 is 2.20 bits per heavy atom. The lowest BCUT2D eigenvalue weighted by Crippen LogP contribution is -2.34. The van der Waals surface area contributed by atoms with Crippen LogP contribution in [0, 0.1) is 6.92 Å². The second kappa shape index (κ2) is 8.89. The molecule has 0 atom stereocenters. The monoisotopic (exact) mass is 341 g/mol. The third-order valence-corrected chi connectivity index (χ3v) is 3.50. The predicted octanol–water partition coefficient (Wildman–Crippen LogP) is 2.24. The molecular weight excluding hydrogens is 322 g/mol. The first-order valence-corrected chi connectivity index (χ1v) is 7.20. The van der Waals surface area contributed by atoms with Crippen molar-refractivity contribution in [1.82, 2.24) is 4.90 Å². The average molecular weight is 342 g/mol. The minimum Gasteiger partial charge on any atom is -0.395 e. The zero-order chi connectivity index (χ0) is 15.0. The molecule has 0 radical (unpaired) electrons. The minimum atomic E-state index is -0.136. The van der Waals surface area contributed by atoms with Crippen molar-refractivity contribution in [2.75, 3.05) is 33.4 Å². The highest BCUT2D eigenvalue weighted by Crippen LogP contribution is 2.19. The van der Waals surface area contributed by atoms with E-state index < -0.39 is 0 Å². The van der Waals surface area contributed by atoms with E-state index in [1.807, 2.05) is 25.1 Å². The molecule has 0 aliphatic rings. The topological polar surface area (TPSA) is 49.8 Å². The molecule has 0 unspecified atom stereocenters. The zero-order valence-corrected chi connectivity index (χ0v) is 13.4. The van der Waals surface area contributed by atoms with Gasteiger partial charge >= 0.3 is 0 Å². The molecule has 1 rings (SSSR count). The summed E-state index contributed by atoms with van der Waals surface area (Å²) in [5.74, 6) is -0.136. The van der Waals surface area contributed by atoms with E-state index >= 15 is 0 Å². The molecule has 0 aliphatic heterocycles. The van der Waals surface area contributed by atoms with Crippen molar-refractivity contribution in [2.45, 2.75) is 6.92 Å². The molecule has 0 fully saturated rings. The predicted molar refractivity (Wildman–Crippen MR) is 83.5 cm³/mol. The summed E-state index contributed by atoms with van der Waals surface area (Å²) in [5, 5.41) is 8.98. The van der Waals surface area contributed by atoms with E-state index in [2.05, 4.69) is 15.9 Å². The van der Waals surface area contributed by atoms with Crippen LogP contribution in [-0.2, 0) is 9.53 Å². The molecule has 0 bridgehead atoms. The van der Waals surface area contributed by atoms with Crippen molar-refractivity contribution in [3.05, 3.63) is 39.9 Å². The molecule has 1 aromatic carbocycles. The molecule has 1 aromatic rings. The Labute approximate surface area is 128 Å². The number of carbonyl (C=O) groups excluding carboxylic acids is 1. The van der Waals surface area contributed by atoms with Crippen LogP contribution >= 0.6 is 15.9 Å². The van der Waals surface area contributed by atoms with Crippen LogP contribution in [0.2, 0.25) is 0 Å². The summed E-state index contributed by atoms with van der Waals surface area (Å²) >= 11 is 3.47. The van der Waals surface area contributed by atoms with Crippen LogP contribution in [0.25, 0.3) is 6.08 Å². The number of rotatable bonds is 7. The highest BCUT2D eigenvalue weighted by molar-refractivity contribution is 9.10. The summed E-state index contributed by atoms with van der Waals surface area (Å²) in [6.45, 7) is 3.18. The molecule has 4 nitrogen and oxygen atoms in total. The van der Waals surface area contributed by atoms with E-state index in [0.29, 0.717) is 19.7 Å². The van der Waals surface area contributed by atoms with Crippen LogP contribution in [-0.4, -0.2) is 49.3 Å². The van der Waals surface area contributed by atoms with Gasteiger partial charge in [0.05, 0.1) is 13.2 Å². The van der Waals surface area contributed by atoms with Crippen molar-refractivity contribution in [3.8, 4) is 0 Å². The van der Waals surface area contributed by atoms with Gasteiger partial charge in [0, 0.05) is 30.7 Å². The van der Waals surface area contributed by atoms with Crippen LogP contribution in [0.15, 0.2) is 28.7 Å². The van der Waals surface area contributed by atoms with Crippen molar-refractivity contribution in [1.29, 1.82) is 0 Å². The number of aliphatic hydroxyl groups is 1. The van der Waals surface area contributed by atoms with E-state index in [-0.39, 0.29) is 12.5 Å². The molecular formula is C15H20BrNO3. The van der Waals surface area contributed by atoms with Gasteiger partial charge in [-0.25, -0.2) is 0 Å². The molecule has 0 saturated carbocycles. The maximum atomic E-state index is 12.0. The summed E-state index contributed by atoms with van der Waals surface area (Å²) in [5.41, 5.74) is 2.10. The minimum absolute atomic E-state index is 0.0580. The van der Waals surface area contributed by atoms with E-state index in [9.17, 15) is 4.79 Å². The van der Waals surface area contributed by atoms with Gasteiger partial charge < -0.3 is 14.7 Å². The lowest BCUT2D eigenvalue weighted by molar-refractivity contribution is -0.127. The van der Waals surface area contributed by atoms with Gasteiger partial charge in [-0.1, -0.05) is 28.1 Å². The Bertz CT molecular complexity index is 474. The largest absolute Gasteiger partial charge is 0.395 e. The molecule has 0 saturated heterocycles. The fourth-order valence-electron chi connectivity index (χ4n) is 1.69. The van der Waals surface area contributed by atoms with Crippen molar-refractivity contribution < 1.29 is 14.6 Å². The second-order valence-corrected chi connectivity index (χ2v) is 5.25. The van der Waals surface area contributed by atoms with Crippen LogP contribution in [0.3, 0.4) is 0 Å². The average Bonchev–Trinajstić information content (AvgIpc) is 2.42. The van der Waals surface area contributed by atoms with Crippen LogP contribution in [0.4, 0.5) is 0 Å². The normalized spacial score (nSPS) is 11.0. The first-order chi connectivity index (χ1) is 9.58. The highest BCUT2D eigenvalue weighted by Gasteiger charge is 2.09. The molecule has 0 spiro atoms. The fourth-order valence-corrected chi connectivity index (χ4v) is 2.31. The highest BCUT2D eigenvalue weighted by atomic mass is 79.9. The Hall–Kier alpha value is -1.17. The summed E-state index contributed by atoms with van der Waals surface area (Å²) < 4.78 is 5.91. The van der Waals surface area contributed by atoms with Crippen molar-refractivity contribution in [2.24, 2.45) is 0 Å². The Balaban J connectivity index is 2.73. The van der Waals surface area contributed by atoms with E-state index in [1.165, 1.54) is 6.08 Å². The van der Waals surface area contributed by atoms with Crippen molar-refractivity contribution in [3.63, 3.8) is 0 Å². The Kier molecular flexibility index (Phi) is 7.51. The first-order valence-electron chi connectivity index (χ1n) is 6.41. The lowest BCUT2D eigenvalue weighted by Gasteiger charge is -2.19. The number of aryl methyl sites for hydroxylation is 1. The number of ether oxygens (including phenoxy) is 1. The number of amides is 1. The number of aliphatic hydroxyl groups excluding tert-OH is 1. The van der Waals surface area contributed by atoms with E-state index in [1.54, 1.807) is 18.1 Å².